The largest absolute Gasteiger partial charge is 0.350 e. The lowest BCUT2D eigenvalue weighted by atomic mass is 9.96. The van der Waals surface area contributed by atoms with Gasteiger partial charge in [0.15, 0.2) is 0 Å². The summed E-state index contributed by atoms with van der Waals surface area (Å²) >= 11 is 5.92. The molecule has 1 aliphatic heterocycles. The highest BCUT2D eigenvalue weighted by atomic mass is 35.5. The van der Waals surface area contributed by atoms with E-state index in [1.54, 1.807) is 0 Å². The number of aromatic nitrogens is 2. The molecule has 1 atom stereocenters. The molecule has 6 nitrogen and oxygen atoms in total. The van der Waals surface area contributed by atoms with Crippen LogP contribution in [0.2, 0.25) is 5.02 Å². The summed E-state index contributed by atoms with van der Waals surface area (Å²) in [7, 11) is 0. The molecule has 4 rings (SSSR count). The number of amides is 2. The number of hydrogen-bond donors (Lipinski definition) is 2. The van der Waals surface area contributed by atoms with Crippen LogP contribution in [0.25, 0.3) is 0 Å². The highest BCUT2D eigenvalue weighted by molar-refractivity contribution is 6.30. The van der Waals surface area contributed by atoms with E-state index in [-0.39, 0.29) is 17.7 Å². The van der Waals surface area contributed by atoms with Gasteiger partial charge in [0.2, 0.25) is 11.8 Å². The maximum Gasteiger partial charge on any atom is 0.225 e. The maximum absolute atomic E-state index is 12.7. The van der Waals surface area contributed by atoms with Gasteiger partial charge in [-0.1, -0.05) is 23.7 Å². The first kappa shape index (κ1) is 19.0. The molecule has 148 valence electrons. The van der Waals surface area contributed by atoms with Crippen molar-refractivity contribution in [2.45, 2.75) is 45.1 Å². The van der Waals surface area contributed by atoms with Gasteiger partial charge in [-0.2, -0.15) is 5.10 Å². The summed E-state index contributed by atoms with van der Waals surface area (Å²) in [6, 6.07) is 7.67. The molecule has 1 saturated heterocycles. The molecule has 0 unspecified atom stereocenters. The van der Waals surface area contributed by atoms with Crippen molar-refractivity contribution < 1.29 is 9.59 Å². The van der Waals surface area contributed by atoms with Crippen LogP contribution >= 0.6 is 11.6 Å². The summed E-state index contributed by atoms with van der Waals surface area (Å²) in [5, 5.41) is 11.1. The molecule has 0 saturated carbocycles. The standard InChI is InChI=1S/C21H25ClN4O2/c22-16-7-4-14(5-8-16)10-11-26-13-15(6-9-20(26)27)21(28)23-12-19-17-2-1-3-18(17)24-25-19/h4-5,7-8,15H,1-3,6,9-13H2,(H,23,28)(H,24,25)/t15-/m0/s1. The lowest BCUT2D eigenvalue weighted by molar-refractivity contribution is -0.138. The van der Waals surface area contributed by atoms with Gasteiger partial charge in [-0.15, -0.1) is 0 Å². The molecular formula is C21H25ClN4O2. The van der Waals surface area contributed by atoms with E-state index in [4.69, 9.17) is 11.6 Å². The lowest BCUT2D eigenvalue weighted by Crippen LogP contribution is -2.46. The number of aryl methyl sites for hydroxylation is 1. The summed E-state index contributed by atoms with van der Waals surface area (Å²) in [6.45, 7) is 1.56. The number of rotatable bonds is 6. The lowest BCUT2D eigenvalue weighted by Gasteiger charge is -2.32. The van der Waals surface area contributed by atoms with Crippen molar-refractivity contribution in [3.05, 3.63) is 51.8 Å². The van der Waals surface area contributed by atoms with E-state index in [1.807, 2.05) is 29.2 Å². The first-order chi connectivity index (χ1) is 13.6. The van der Waals surface area contributed by atoms with Gasteiger partial charge in [-0.3, -0.25) is 14.7 Å². The molecule has 2 heterocycles. The zero-order valence-electron chi connectivity index (χ0n) is 15.8. The van der Waals surface area contributed by atoms with Gasteiger partial charge in [0.05, 0.1) is 18.2 Å². The monoisotopic (exact) mass is 400 g/mol. The number of H-pyrrole nitrogens is 1. The van der Waals surface area contributed by atoms with Crippen LogP contribution in [0, 0.1) is 5.92 Å². The van der Waals surface area contributed by atoms with E-state index in [0.29, 0.717) is 37.5 Å². The molecule has 7 heteroatoms. The van der Waals surface area contributed by atoms with Crippen molar-refractivity contribution in [1.82, 2.24) is 20.4 Å². The summed E-state index contributed by atoms with van der Waals surface area (Å²) in [5.74, 6) is -0.0169. The van der Waals surface area contributed by atoms with E-state index >= 15 is 0 Å². The van der Waals surface area contributed by atoms with E-state index in [0.717, 1.165) is 36.9 Å². The minimum atomic E-state index is -0.157. The van der Waals surface area contributed by atoms with Crippen molar-refractivity contribution in [3.8, 4) is 0 Å². The number of likely N-dealkylation sites (tertiary alicyclic amines) is 1. The Labute approximate surface area is 169 Å². The molecule has 1 aromatic heterocycles. The number of fused-ring (bicyclic) bond motifs is 1. The molecular weight excluding hydrogens is 376 g/mol. The third-order valence-corrected chi connectivity index (χ3v) is 6.03. The van der Waals surface area contributed by atoms with Crippen molar-refractivity contribution in [2.75, 3.05) is 13.1 Å². The maximum atomic E-state index is 12.7. The Balaban J connectivity index is 1.29. The fourth-order valence-electron chi connectivity index (χ4n) is 4.11. The topological polar surface area (TPSA) is 78.1 Å². The molecule has 0 bridgehead atoms. The van der Waals surface area contributed by atoms with Gasteiger partial charge in [0, 0.05) is 30.2 Å². The predicted molar refractivity (Wildman–Crippen MR) is 107 cm³/mol. The molecule has 1 aromatic carbocycles. The quantitative estimate of drug-likeness (QED) is 0.782. The smallest absolute Gasteiger partial charge is 0.225 e. The van der Waals surface area contributed by atoms with Crippen LogP contribution in [0.3, 0.4) is 0 Å². The first-order valence-electron chi connectivity index (χ1n) is 9.95. The number of carbonyl (C=O) groups is 2. The zero-order valence-corrected chi connectivity index (χ0v) is 16.6. The Morgan fingerprint density at radius 1 is 1.25 bits per heavy atom. The van der Waals surface area contributed by atoms with E-state index in [1.165, 1.54) is 11.3 Å². The highest BCUT2D eigenvalue weighted by Gasteiger charge is 2.30. The number of hydrogen-bond acceptors (Lipinski definition) is 3. The Kier molecular flexibility index (Phi) is 5.67. The van der Waals surface area contributed by atoms with Crippen LogP contribution in [-0.4, -0.2) is 40.0 Å². The van der Waals surface area contributed by atoms with Crippen LogP contribution < -0.4 is 5.32 Å². The fourth-order valence-corrected chi connectivity index (χ4v) is 4.24. The van der Waals surface area contributed by atoms with Crippen LogP contribution in [0.1, 0.15) is 41.8 Å². The second-order valence-electron chi connectivity index (χ2n) is 7.65. The molecule has 0 radical (unpaired) electrons. The van der Waals surface area contributed by atoms with Crippen molar-refractivity contribution in [3.63, 3.8) is 0 Å². The predicted octanol–water partition coefficient (Wildman–Crippen LogP) is 2.65. The van der Waals surface area contributed by atoms with E-state index in [9.17, 15) is 9.59 Å². The third-order valence-electron chi connectivity index (χ3n) is 5.78. The van der Waals surface area contributed by atoms with Gasteiger partial charge in [-0.05, 0) is 55.4 Å². The molecule has 2 aliphatic rings. The normalized spacial score (nSPS) is 19.0. The van der Waals surface area contributed by atoms with Gasteiger partial charge in [0.1, 0.15) is 0 Å². The molecule has 2 amide bonds. The Hall–Kier alpha value is -2.34. The van der Waals surface area contributed by atoms with E-state index in [2.05, 4.69) is 15.5 Å². The van der Waals surface area contributed by atoms with Gasteiger partial charge in [0.25, 0.3) is 0 Å². The molecule has 28 heavy (non-hydrogen) atoms. The minimum Gasteiger partial charge on any atom is -0.350 e. The number of piperidine rings is 1. The van der Waals surface area contributed by atoms with E-state index < -0.39 is 0 Å². The highest BCUT2D eigenvalue weighted by Crippen LogP contribution is 2.23. The third kappa shape index (κ3) is 4.22. The fraction of sp³-hybridized carbons (Fsp3) is 0.476. The van der Waals surface area contributed by atoms with Gasteiger partial charge in [-0.25, -0.2) is 0 Å². The average molecular weight is 401 g/mol. The Bertz CT molecular complexity index is 862. The van der Waals surface area contributed by atoms with Gasteiger partial charge < -0.3 is 10.2 Å². The summed E-state index contributed by atoms with van der Waals surface area (Å²) in [4.78, 5) is 26.7. The Morgan fingerprint density at radius 3 is 2.89 bits per heavy atom. The average Bonchev–Trinajstić information content (AvgIpc) is 3.31. The SMILES string of the molecule is O=C(NCc1n[nH]c2c1CCC2)[C@H]1CCC(=O)N(CCc2ccc(Cl)cc2)C1. The molecule has 1 fully saturated rings. The second kappa shape index (κ2) is 8.35. The number of benzene rings is 1. The van der Waals surface area contributed by atoms with Crippen LogP contribution in [-0.2, 0) is 35.4 Å². The first-order valence-corrected chi connectivity index (χ1v) is 10.3. The number of nitrogens with zero attached hydrogens (tertiary/aromatic N) is 2. The number of aromatic amines is 1. The van der Waals surface area contributed by atoms with Crippen molar-refractivity contribution >= 4 is 23.4 Å². The van der Waals surface area contributed by atoms with Crippen LogP contribution in [0.5, 0.6) is 0 Å². The molecule has 2 aromatic rings. The second-order valence-corrected chi connectivity index (χ2v) is 8.09. The molecule has 2 N–H and O–H groups in total. The van der Waals surface area contributed by atoms with Gasteiger partial charge >= 0.3 is 0 Å². The number of nitrogens with one attached hydrogen (secondary N) is 2. The Morgan fingerprint density at radius 2 is 2.07 bits per heavy atom. The number of carbonyl (C=O) groups excluding carboxylic acids is 2. The molecule has 1 aliphatic carbocycles. The van der Waals surface area contributed by atoms with Crippen molar-refractivity contribution in [1.29, 1.82) is 0 Å². The van der Waals surface area contributed by atoms with Crippen LogP contribution in [0.4, 0.5) is 0 Å². The summed E-state index contributed by atoms with van der Waals surface area (Å²) in [6.07, 6.45) is 5.03. The minimum absolute atomic E-state index is 0.0127. The summed E-state index contributed by atoms with van der Waals surface area (Å²) < 4.78 is 0. The van der Waals surface area contributed by atoms with Crippen molar-refractivity contribution in [2.24, 2.45) is 5.92 Å². The number of halogens is 1. The van der Waals surface area contributed by atoms with Crippen LogP contribution in [0.15, 0.2) is 24.3 Å². The zero-order chi connectivity index (χ0) is 19.5. The summed E-state index contributed by atoms with van der Waals surface area (Å²) in [5.41, 5.74) is 4.56. The molecule has 0 spiro atoms.